The Bertz CT molecular complexity index is 1050. The molecule has 10 N–H and O–H groups in total. The Kier molecular flexibility index (Phi) is 10.5. The van der Waals surface area contributed by atoms with Crippen molar-refractivity contribution in [1.29, 1.82) is 0 Å². The average molecular weight is 505 g/mol. The second-order valence-electron chi connectivity index (χ2n) is 8.06. The molecule has 1 heterocycles. The first-order chi connectivity index (χ1) is 16.6. The number of hydrogen-bond donors (Lipinski definition) is 6. The van der Waals surface area contributed by atoms with Crippen molar-refractivity contribution in [3.8, 4) is 0 Å². The van der Waals surface area contributed by atoms with E-state index in [-0.39, 0.29) is 29.6 Å². The highest BCUT2D eigenvalue weighted by molar-refractivity contribution is 7.20. The van der Waals surface area contributed by atoms with Crippen molar-refractivity contribution in [3.05, 3.63) is 29.3 Å². The predicted molar refractivity (Wildman–Crippen MR) is 134 cm³/mol. The molecule has 2 rings (SSSR count). The maximum atomic E-state index is 13.2. The van der Waals surface area contributed by atoms with Gasteiger partial charge in [-0.1, -0.05) is 12.1 Å². The van der Waals surface area contributed by atoms with Crippen LogP contribution in [0.5, 0.6) is 0 Å². The molecule has 0 radical (unpaired) electrons. The van der Waals surface area contributed by atoms with Crippen LogP contribution in [0.4, 0.5) is 0 Å². The summed E-state index contributed by atoms with van der Waals surface area (Å²) in [7, 11) is 0. The number of para-hydroxylation sites is 1. The van der Waals surface area contributed by atoms with Gasteiger partial charge < -0.3 is 33.6 Å². The minimum atomic E-state index is -0.992. The number of ketones is 1. The SMILES string of the molecule is C[C@H](NC(=O)[C@@H](N)CCC(N)=O)C(=O)N[C@@H](CCCCN=C(N)N)C(=O)c1nc2ccccc2s1. The quantitative estimate of drug-likeness (QED) is 0.0849. The number of amides is 3. The van der Waals surface area contributed by atoms with Crippen molar-refractivity contribution in [2.45, 2.75) is 57.2 Å². The topological polar surface area (TPSA) is 222 Å². The number of unbranched alkanes of at least 4 members (excludes halogenated alkanes) is 1. The summed E-state index contributed by atoms with van der Waals surface area (Å²) in [5, 5.41) is 5.50. The van der Waals surface area contributed by atoms with E-state index in [1.807, 2.05) is 24.3 Å². The van der Waals surface area contributed by atoms with Gasteiger partial charge in [0.25, 0.3) is 0 Å². The van der Waals surface area contributed by atoms with Crippen molar-refractivity contribution < 1.29 is 19.2 Å². The number of aliphatic imine (C=N–C) groups is 1. The lowest BCUT2D eigenvalue weighted by Crippen LogP contribution is -2.53. The number of benzene rings is 1. The smallest absolute Gasteiger partial charge is 0.242 e. The summed E-state index contributed by atoms with van der Waals surface area (Å²) in [5.74, 6) is -2.06. The Morgan fingerprint density at radius 2 is 1.74 bits per heavy atom. The molecule has 3 atom stereocenters. The van der Waals surface area contributed by atoms with Gasteiger partial charge in [-0.2, -0.15) is 0 Å². The number of hydrogen-bond acceptors (Lipinski definition) is 8. The zero-order chi connectivity index (χ0) is 26.0. The zero-order valence-electron chi connectivity index (χ0n) is 19.5. The summed E-state index contributed by atoms with van der Waals surface area (Å²) in [6.45, 7) is 1.87. The Hall–Kier alpha value is -3.58. The minimum Gasteiger partial charge on any atom is -0.370 e. The molecule has 0 spiro atoms. The van der Waals surface area contributed by atoms with Gasteiger partial charge in [-0.3, -0.25) is 24.2 Å². The highest BCUT2D eigenvalue weighted by atomic mass is 32.1. The number of primary amides is 1. The molecular formula is C22H32N8O4S. The number of rotatable bonds is 14. The number of carbonyl (C=O) groups is 4. The lowest BCUT2D eigenvalue weighted by molar-refractivity contribution is -0.129. The molecular weight excluding hydrogens is 472 g/mol. The van der Waals surface area contributed by atoms with Gasteiger partial charge in [0.15, 0.2) is 11.0 Å². The second-order valence-corrected chi connectivity index (χ2v) is 9.09. The molecule has 0 aliphatic carbocycles. The molecule has 0 bridgehead atoms. The number of thiazole rings is 1. The first kappa shape index (κ1) is 27.7. The van der Waals surface area contributed by atoms with Crippen LogP contribution in [0.1, 0.15) is 48.8 Å². The Morgan fingerprint density at radius 1 is 1.03 bits per heavy atom. The second kappa shape index (κ2) is 13.3. The van der Waals surface area contributed by atoms with Crippen LogP contribution in [0.25, 0.3) is 10.2 Å². The van der Waals surface area contributed by atoms with Gasteiger partial charge in [0, 0.05) is 13.0 Å². The molecule has 190 valence electrons. The van der Waals surface area contributed by atoms with Crippen LogP contribution in [-0.2, 0) is 14.4 Å². The monoisotopic (exact) mass is 504 g/mol. The molecule has 0 unspecified atom stereocenters. The molecule has 1 aromatic carbocycles. The first-order valence-electron chi connectivity index (χ1n) is 11.2. The fourth-order valence-corrected chi connectivity index (χ4v) is 4.14. The molecule has 0 aliphatic rings. The lowest BCUT2D eigenvalue weighted by Gasteiger charge is -2.21. The third kappa shape index (κ3) is 8.94. The number of nitrogens with zero attached hydrogens (tertiary/aromatic N) is 2. The molecule has 1 aromatic heterocycles. The van der Waals surface area contributed by atoms with E-state index in [1.54, 1.807) is 0 Å². The lowest BCUT2D eigenvalue weighted by atomic mass is 10.0. The number of Topliss-reactive ketones (excluding diaryl/α,β-unsaturated/α-hetero) is 1. The van der Waals surface area contributed by atoms with E-state index < -0.39 is 35.8 Å². The van der Waals surface area contributed by atoms with Crippen molar-refractivity contribution in [3.63, 3.8) is 0 Å². The van der Waals surface area contributed by atoms with Crippen LogP contribution in [0.15, 0.2) is 29.3 Å². The van der Waals surface area contributed by atoms with Crippen LogP contribution in [-0.4, -0.2) is 59.1 Å². The highest BCUT2D eigenvalue weighted by Crippen LogP contribution is 2.23. The third-order valence-electron chi connectivity index (χ3n) is 5.12. The van der Waals surface area contributed by atoms with Gasteiger partial charge >= 0.3 is 0 Å². The number of nitrogens with two attached hydrogens (primary N) is 4. The van der Waals surface area contributed by atoms with Gasteiger partial charge in [0.05, 0.1) is 22.3 Å². The zero-order valence-corrected chi connectivity index (χ0v) is 20.3. The fourth-order valence-electron chi connectivity index (χ4n) is 3.18. The van der Waals surface area contributed by atoms with Crippen molar-refractivity contribution in [1.82, 2.24) is 15.6 Å². The van der Waals surface area contributed by atoms with Crippen LogP contribution in [0.2, 0.25) is 0 Å². The van der Waals surface area contributed by atoms with E-state index in [2.05, 4.69) is 20.6 Å². The van der Waals surface area contributed by atoms with E-state index in [0.717, 1.165) is 4.70 Å². The fraction of sp³-hybridized carbons (Fsp3) is 0.455. The van der Waals surface area contributed by atoms with Crippen LogP contribution >= 0.6 is 11.3 Å². The van der Waals surface area contributed by atoms with Gasteiger partial charge in [-0.15, -0.1) is 11.3 Å². The average Bonchev–Trinajstić information content (AvgIpc) is 3.24. The minimum absolute atomic E-state index is 0.0148. The number of guanidine groups is 1. The maximum absolute atomic E-state index is 13.2. The summed E-state index contributed by atoms with van der Waals surface area (Å²) in [6, 6.07) is 4.55. The Morgan fingerprint density at radius 3 is 2.40 bits per heavy atom. The van der Waals surface area contributed by atoms with E-state index in [9.17, 15) is 19.2 Å². The third-order valence-corrected chi connectivity index (χ3v) is 6.17. The predicted octanol–water partition coefficient (Wildman–Crippen LogP) is -0.495. The van der Waals surface area contributed by atoms with Crippen molar-refractivity contribution in [2.24, 2.45) is 27.9 Å². The standard InChI is InChI=1S/C22H32N8O4S/c1-12(28-20(34)13(23)9-10-17(24)31)19(33)29-15(7-4-5-11-27-22(25)26)18(32)21-30-14-6-2-3-8-16(14)35-21/h2-3,6,8,12-13,15H,4-5,7,9-11,23H2,1H3,(H2,24,31)(H,28,34)(H,29,33)(H4,25,26,27)/t12-,13-,15-/m0/s1. The first-order valence-corrected chi connectivity index (χ1v) is 12.0. The van der Waals surface area contributed by atoms with Gasteiger partial charge in [-0.05, 0) is 44.7 Å². The molecule has 2 aromatic rings. The molecule has 0 aliphatic heterocycles. The summed E-state index contributed by atoms with van der Waals surface area (Å²) in [6.07, 6.45) is 1.52. The Labute approximate surface area is 206 Å². The molecule has 0 saturated heterocycles. The largest absolute Gasteiger partial charge is 0.370 e. The molecule has 0 fully saturated rings. The van der Waals surface area contributed by atoms with Crippen LogP contribution < -0.4 is 33.6 Å². The van der Waals surface area contributed by atoms with Crippen LogP contribution in [0, 0.1) is 0 Å². The summed E-state index contributed by atoms with van der Waals surface area (Å²) in [5.41, 5.74) is 22.2. The molecule has 0 saturated carbocycles. The van der Waals surface area contributed by atoms with E-state index >= 15 is 0 Å². The van der Waals surface area contributed by atoms with Crippen molar-refractivity contribution in [2.75, 3.05) is 6.54 Å². The van der Waals surface area contributed by atoms with Gasteiger partial charge in [0.1, 0.15) is 6.04 Å². The number of aromatic nitrogens is 1. The Balaban J connectivity index is 2.06. The van der Waals surface area contributed by atoms with E-state index in [4.69, 9.17) is 22.9 Å². The summed E-state index contributed by atoms with van der Waals surface area (Å²) >= 11 is 1.25. The molecule has 13 heteroatoms. The summed E-state index contributed by atoms with van der Waals surface area (Å²) < 4.78 is 0.860. The molecule has 3 amide bonds. The van der Waals surface area contributed by atoms with Gasteiger partial charge in [-0.25, -0.2) is 4.98 Å². The molecule has 35 heavy (non-hydrogen) atoms. The van der Waals surface area contributed by atoms with E-state index in [0.29, 0.717) is 31.3 Å². The number of fused-ring (bicyclic) bond motifs is 1. The van der Waals surface area contributed by atoms with Crippen LogP contribution in [0.3, 0.4) is 0 Å². The van der Waals surface area contributed by atoms with Gasteiger partial charge in [0.2, 0.25) is 23.5 Å². The van der Waals surface area contributed by atoms with Crippen molar-refractivity contribution >= 4 is 51.0 Å². The number of carbonyl (C=O) groups excluding carboxylic acids is 4. The summed E-state index contributed by atoms with van der Waals surface area (Å²) in [4.78, 5) is 57.5. The normalized spacial score (nSPS) is 13.4. The maximum Gasteiger partial charge on any atom is 0.242 e. The highest BCUT2D eigenvalue weighted by Gasteiger charge is 2.28. The molecule has 12 nitrogen and oxygen atoms in total. The number of nitrogens with one attached hydrogen (secondary N) is 2. The van der Waals surface area contributed by atoms with E-state index in [1.165, 1.54) is 18.3 Å².